The van der Waals surface area contributed by atoms with Crippen molar-refractivity contribution in [1.82, 2.24) is 0 Å². The molecule has 0 unspecified atom stereocenters. The van der Waals surface area contributed by atoms with Crippen molar-refractivity contribution in [2.45, 2.75) is 0 Å². The number of carbonyl (C=O) groups excluding carboxylic acids is 1. The highest BCUT2D eigenvalue weighted by Crippen LogP contribution is 2.23. The van der Waals surface area contributed by atoms with E-state index in [-0.39, 0.29) is 5.57 Å². The highest BCUT2D eigenvalue weighted by molar-refractivity contribution is 7.08. The molecule has 1 aromatic heterocycles. The number of nitriles is 1. The van der Waals surface area contributed by atoms with Crippen molar-refractivity contribution in [3.8, 4) is 6.07 Å². The number of hydrogen-bond acceptors (Lipinski definition) is 3. The molecule has 1 amide bonds. The first kappa shape index (κ1) is 14.1. The summed E-state index contributed by atoms with van der Waals surface area (Å²) in [7, 11) is 0. The fraction of sp³-hybridized carbons (Fsp3) is 0. The SMILES string of the molecule is N#C/C(=C/c1ccsc1)C(=O)Nc1cccc2ccccc12. The van der Waals surface area contributed by atoms with Crippen LogP contribution in [-0.2, 0) is 4.79 Å². The van der Waals surface area contributed by atoms with Crippen LogP contribution >= 0.6 is 11.3 Å². The van der Waals surface area contributed by atoms with Crippen LogP contribution in [0, 0.1) is 11.3 Å². The van der Waals surface area contributed by atoms with Gasteiger partial charge in [-0.1, -0.05) is 36.4 Å². The number of anilines is 1. The topological polar surface area (TPSA) is 52.9 Å². The minimum Gasteiger partial charge on any atom is -0.321 e. The zero-order chi connectivity index (χ0) is 15.4. The van der Waals surface area contributed by atoms with Crippen LogP contribution in [0.4, 0.5) is 5.69 Å². The summed E-state index contributed by atoms with van der Waals surface area (Å²) in [5, 5.41) is 17.8. The molecule has 0 bridgehead atoms. The van der Waals surface area contributed by atoms with Crippen molar-refractivity contribution in [3.63, 3.8) is 0 Å². The smallest absolute Gasteiger partial charge is 0.266 e. The van der Waals surface area contributed by atoms with Crippen LogP contribution in [0.5, 0.6) is 0 Å². The summed E-state index contributed by atoms with van der Waals surface area (Å²) in [6.07, 6.45) is 1.59. The Morgan fingerprint density at radius 2 is 1.95 bits per heavy atom. The molecule has 0 saturated carbocycles. The molecule has 0 fully saturated rings. The Hall–Kier alpha value is -2.90. The number of benzene rings is 2. The van der Waals surface area contributed by atoms with E-state index in [0.717, 1.165) is 16.3 Å². The number of fused-ring (bicyclic) bond motifs is 1. The lowest BCUT2D eigenvalue weighted by molar-refractivity contribution is -0.112. The number of carbonyl (C=O) groups is 1. The van der Waals surface area contributed by atoms with Gasteiger partial charge in [-0.05, 0) is 39.9 Å². The maximum absolute atomic E-state index is 12.3. The van der Waals surface area contributed by atoms with E-state index in [0.29, 0.717) is 5.69 Å². The maximum Gasteiger partial charge on any atom is 0.266 e. The molecule has 0 radical (unpaired) electrons. The molecule has 0 spiro atoms. The molecule has 3 rings (SSSR count). The predicted molar refractivity (Wildman–Crippen MR) is 90.5 cm³/mol. The van der Waals surface area contributed by atoms with Crippen LogP contribution in [0.1, 0.15) is 5.56 Å². The summed E-state index contributed by atoms with van der Waals surface area (Å²) >= 11 is 1.52. The molecule has 0 atom stereocenters. The second-order valence-corrected chi connectivity index (χ2v) is 5.49. The fourth-order valence-electron chi connectivity index (χ4n) is 2.20. The van der Waals surface area contributed by atoms with Crippen LogP contribution < -0.4 is 5.32 Å². The summed E-state index contributed by atoms with van der Waals surface area (Å²) in [6, 6.07) is 17.3. The second kappa shape index (κ2) is 6.25. The molecule has 0 saturated heterocycles. The standard InChI is InChI=1S/C18H12N2OS/c19-11-15(10-13-8-9-22-12-13)18(21)20-17-7-3-5-14-4-1-2-6-16(14)17/h1-10,12H,(H,20,21)/b15-10-. The molecule has 0 aliphatic heterocycles. The lowest BCUT2D eigenvalue weighted by Gasteiger charge is -2.08. The number of thiophene rings is 1. The molecule has 1 heterocycles. The van der Waals surface area contributed by atoms with E-state index >= 15 is 0 Å². The largest absolute Gasteiger partial charge is 0.321 e. The summed E-state index contributed by atoms with van der Waals surface area (Å²) in [4.78, 5) is 12.3. The third-order valence-electron chi connectivity index (χ3n) is 3.26. The maximum atomic E-state index is 12.3. The Morgan fingerprint density at radius 1 is 1.14 bits per heavy atom. The number of hydrogen-bond donors (Lipinski definition) is 1. The van der Waals surface area contributed by atoms with Gasteiger partial charge in [-0.3, -0.25) is 4.79 Å². The van der Waals surface area contributed by atoms with E-state index in [9.17, 15) is 10.1 Å². The Labute approximate surface area is 132 Å². The van der Waals surface area contributed by atoms with E-state index in [1.54, 1.807) is 6.08 Å². The van der Waals surface area contributed by atoms with Crippen molar-refractivity contribution < 1.29 is 4.79 Å². The van der Waals surface area contributed by atoms with Crippen LogP contribution in [0.3, 0.4) is 0 Å². The zero-order valence-electron chi connectivity index (χ0n) is 11.6. The van der Waals surface area contributed by atoms with Crippen molar-refractivity contribution in [1.29, 1.82) is 5.26 Å². The van der Waals surface area contributed by atoms with Gasteiger partial charge in [0.1, 0.15) is 11.6 Å². The van der Waals surface area contributed by atoms with Gasteiger partial charge in [0.15, 0.2) is 0 Å². The van der Waals surface area contributed by atoms with Crippen LogP contribution in [-0.4, -0.2) is 5.91 Å². The number of nitrogens with one attached hydrogen (secondary N) is 1. The third-order valence-corrected chi connectivity index (χ3v) is 3.96. The average Bonchev–Trinajstić information content (AvgIpc) is 3.06. The molecular weight excluding hydrogens is 292 g/mol. The Kier molecular flexibility index (Phi) is 3.99. The molecule has 2 aromatic carbocycles. The molecule has 3 nitrogen and oxygen atoms in total. The van der Waals surface area contributed by atoms with Gasteiger partial charge in [-0.2, -0.15) is 16.6 Å². The van der Waals surface area contributed by atoms with Gasteiger partial charge in [0.05, 0.1) is 0 Å². The highest BCUT2D eigenvalue weighted by atomic mass is 32.1. The lowest BCUT2D eigenvalue weighted by Crippen LogP contribution is -2.13. The van der Waals surface area contributed by atoms with E-state index in [1.807, 2.05) is 65.4 Å². The normalized spacial score (nSPS) is 11.1. The summed E-state index contributed by atoms with van der Waals surface area (Å²) in [5.74, 6) is -0.398. The van der Waals surface area contributed by atoms with Crippen molar-refractivity contribution in [3.05, 3.63) is 70.4 Å². The molecule has 4 heteroatoms. The first-order valence-electron chi connectivity index (χ1n) is 6.71. The van der Waals surface area contributed by atoms with Gasteiger partial charge in [0.25, 0.3) is 5.91 Å². The van der Waals surface area contributed by atoms with Gasteiger partial charge in [-0.15, -0.1) is 0 Å². The van der Waals surface area contributed by atoms with Gasteiger partial charge in [0, 0.05) is 11.1 Å². The van der Waals surface area contributed by atoms with Crippen molar-refractivity contribution >= 4 is 39.8 Å². The van der Waals surface area contributed by atoms with Gasteiger partial charge in [-0.25, -0.2) is 0 Å². The first-order chi connectivity index (χ1) is 10.8. The predicted octanol–water partition coefficient (Wildman–Crippen LogP) is 4.45. The van der Waals surface area contributed by atoms with Crippen LogP contribution in [0.15, 0.2) is 64.9 Å². The van der Waals surface area contributed by atoms with Crippen LogP contribution in [0.2, 0.25) is 0 Å². The molecule has 1 N–H and O–H groups in total. The van der Waals surface area contributed by atoms with E-state index in [4.69, 9.17) is 0 Å². The number of rotatable bonds is 3. The Morgan fingerprint density at radius 3 is 2.73 bits per heavy atom. The van der Waals surface area contributed by atoms with Gasteiger partial charge >= 0.3 is 0 Å². The van der Waals surface area contributed by atoms with Gasteiger partial charge in [0.2, 0.25) is 0 Å². The highest BCUT2D eigenvalue weighted by Gasteiger charge is 2.11. The summed E-state index contributed by atoms with van der Waals surface area (Å²) in [5.41, 5.74) is 1.65. The minimum absolute atomic E-state index is 0.0892. The number of nitrogens with zero attached hydrogens (tertiary/aromatic N) is 1. The lowest BCUT2D eigenvalue weighted by atomic mass is 10.1. The minimum atomic E-state index is -0.398. The molecule has 0 aliphatic rings. The van der Waals surface area contributed by atoms with E-state index < -0.39 is 5.91 Å². The van der Waals surface area contributed by atoms with Gasteiger partial charge < -0.3 is 5.32 Å². The van der Waals surface area contributed by atoms with Crippen molar-refractivity contribution in [2.75, 3.05) is 5.32 Å². The monoisotopic (exact) mass is 304 g/mol. The molecule has 106 valence electrons. The Bertz CT molecular complexity index is 884. The molecule has 22 heavy (non-hydrogen) atoms. The van der Waals surface area contributed by atoms with E-state index in [1.165, 1.54) is 11.3 Å². The second-order valence-electron chi connectivity index (χ2n) is 4.71. The molecule has 3 aromatic rings. The van der Waals surface area contributed by atoms with Crippen LogP contribution in [0.25, 0.3) is 16.8 Å². The quantitative estimate of drug-likeness (QED) is 0.574. The zero-order valence-corrected chi connectivity index (χ0v) is 12.4. The first-order valence-corrected chi connectivity index (χ1v) is 7.65. The Balaban J connectivity index is 1.91. The molecular formula is C18H12N2OS. The fourth-order valence-corrected chi connectivity index (χ4v) is 2.81. The van der Waals surface area contributed by atoms with E-state index in [2.05, 4.69) is 5.32 Å². The van der Waals surface area contributed by atoms with Crippen molar-refractivity contribution in [2.24, 2.45) is 0 Å². The molecule has 0 aliphatic carbocycles. The summed E-state index contributed by atoms with van der Waals surface area (Å²) < 4.78 is 0. The average molecular weight is 304 g/mol. The third kappa shape index (κ3) is 2.90. The number of amides is 1. The summed E-state index contributed by atoms with van der Waals surface area (Å²) in [6.45, 7) is 0.